The van der Waals surface area contributed by atoms with E-state index in [1.807, 2.05) is 6.92 Å². The number of hydrogen-bond acceptors (Lipinski definition) is 1. The molecule has 0 aliphatic rings. The third-order valence-corrected chi connectivity index (χ3v) is 0.539. The SMILES string of the molecule is [CH2]C(=O)/C=C/CC. The van der Waals surface area contributed by atoms with Crippen LogP contribution < -0.4 is 0 Å². The second-order valence-electron chi connectivity index (χ2n) is 1.28. The molecule has 0 bridgehead atoms. The van der Waals surface area contributed by atoms with E-state index in [2.05, 4.69) is 6.92 Å². The Morgan fingerprint density at radius 3 is 2.57 bits per heavy atom. The van der Waals surface area contributed by atoms with Crippen molar-refractivity contribution < 1.29 is 4.79 Å². The summed E-state index contributed by atoms with van der Waals surface area (Å²) < 4.78 is 0. The Balaban J connectivity index is 3.26. The normalized spacial score (nSPS) is 10.0. The van der Waals surface area contributed by atoms with Crippen LogP contribution in [-0.2, 0) is 4.79 Å². The minimum absolute atomic E-state index is 0.123. The molecular weight excluding hydrogens is 88.1 g/mol. The van der Waals surface area contributed by atoms with E-state index in [9.17, 15) is 4.79 Å². The highest BCUT2D eigenvalue weighted by molar-refractivity contribution is 5.93. The van der Waals surface area contributed by atoms with Crippen LogP contribution in [0, 0.1) is 6.92 Å². The quantitative estimate of drug-likeness (QED) is 0.475. The van der Waals surface area contributed by atoms with E-state index in [1.165, 1.54) is 6.08 Å². The highest BCUT2D eigenvalue weighted by atomic mass is 16.1. The van der Waals surface area contributed by atoms with E-state index in [-0.39, 0.29) is 5.78 Å². The van der Waals surface area contributed by atoms with E-state index in [4.69, 9.17) is 0 Å². The fourth-order valence-corrected chi connectivity index (χ4v) is 0.249. The molecule has 0 aromatic heterocycles. The lowest BCUT2D eigenvalue weighted by Gasteiger charge is -1.73. The van der Waals surface area contributed by atoms with Crippen LogP contribution in [0.5, 0.6) is 0 Å². The summed E-state index contributed by atoms with van der Waals surface area (Å²) in [6.45, 7) is 5.12. The van der Waals surface area contributed by atoms with Gasteiger partial charge in [0.25, 0.3) is 0 Å². The summed E-state index contributed by atoms with van der Waals surface area (Å²) in [5.74, 6) is -0.123. The van der Waals surface area contributed by atoms with Gasteiger partial charge in [0.2, 0.25) is 0 Å². The third kappa shape index (κ3) is 5.41. The smallest absolute Gasteiger partial charge is 0.155 e. The largest absolute Gasteiger partial charge is 0.295 e. The average molecular weight is 97.1 g/mol. The molecule has 0 rings (SSSR count). The molecule has 0 amide bonds. The minimum Gasteiger partial charge on any atom is -0.295 e. The van der Waals surface area contributed by atoms with Gasteiger partial charge in [0.15, 0.2) is 5.78 Å². The van der Waals surface area contributed by atoms with Crippen LogP contribution in [0.3, 0.4) is 0 Å². The van der Waals surface area contributed by atoms with Gasteiger partial charge in [-0.15, -0.1) is 0 Å². The van der Waals surface area contributed by atoms with Crippen molar-refractivity contribution in [3.63, 3.8) is 0 Å². The first-order valence-electron chi connectivity index (χ1n) is 2.30. The van der Waals surface area contributed by atoms with E-state index in [0.29, 0.717) is 0 Å². The molecular formula is C6H9O. The molecule has 0 aromatic carbocycles. The molecule has 7 heavy (non-hydrogen) atoms. The number of ketones is 1. The van der Waals surface area contributed by atoms with Gasteiger partial charge in [-0.25, -0.2) is 0 Å². The van der Waals surface area contributed by atoms with Gasteiger partial charge < -0.3 is 0 Å². The molecule has 0 unspecified atom stereocenters. The topological polar surface area (TPSA) is 17.1 Å². The number of carbonyl (C=O) groups is 1. The molecule has 0 heterocycles. The molecule has 0 saturated heterocycles. The predicted octanol–water partition coefficient (Wildman–Crippen LogP) is 1.36. The number of hydrogen-bond donors (Lipinski definition) is 0. The predicted molar refractivity (Wildman–Crippen MR) is 29.8 cm³/mol. The van der Waals surface area contributed by atoms with Crippen molar-refractivity contribution in [2.24, 2.45) is 0 Å². The summed E-state index contributed by atoms with van der Waals surface area (Å²) in [6, 6.07) is 0. The van der Waals surface area contributed by atoms with E-state index in [0.717, 1.165) is 6.42 Å². The first-order chi connectivity index (χ1) is 3.27. The van der Waals surface area contributed by atoms with Crippen molar-refractivity contribution in [2.45, 2.75) is 13.3 Å². The molecule has 1 radical (unpaired) electrons. The van der Waals surface area contributed by atoms with Gasteiger partial charge in [-0.3, -0.25) is 4.79 Å². The Hall–Kier alpha value is -0.590. The summed E-state index contributed by atoms with van der Waals surface area (Å²) in [7, 11) is 0. The highest BCUT2D eigenvalue weighted by Gasteiger charge is 1.76. The maximum Gasteiger partial charge on any atom is 0.155 e. The summed E-state index contributed by atoms with van der Waals surface area (Å²) in [4.78, 5) is 10.0. The molecule has 39 valence electrons. The van der Waals surface area contributed by atoms with Gasteiger partial charge in [-0.05, 0) is 12.5 Å². The fourth-order valence-electron chi connectivity index (χ4n) is 0.249. The van der Waals surface area contributed by atoms with Gasteiger partial charge in [0, 0.05) is 6.92 Å². The van der Waals surface area contributed by atoms with Gasteiger partial charge in [0.1, 0.15) is 0 Å². The maximum atomic E-state index is 10.0. The highest BCUT2D eigenvalue weighted by Crippen LogP contribution is 1.78. The molecule has 0 atom stereocenters. The first kappa shape index (κ1) is 6.41. The van der Waals surface area contributed by atoms with Crippen molar-refractivity contribution in [3.05, 3.63) is 19.1 Å². The summed E-state index contributed by atoms with van der Waals surface area (Å²) in [6.07, 6.45) is 4.16. The Morgan fingerprint density at radius 2 is 2.43 bits per heavy atom. The number of carbonyl (C=O) groups excluding carboxylic acids is 1. The second kappa shape index (κ2) is 3.59. The lowest BCUT2D eigenvalue weighted by atomic mass is 10.3. The van der Waals surface area contributed by atoms with Crippen LogP contribution >= 0.6 is 0 Å². The second-order valence-corrected chi connectivity index (χ2v) is 1.28. The molecule has 0 spiro atoms. The Labute approximate surface area is 44.0 Å². The lowest BCUT2D eigenvalue weighted by Crippen LogP contribution is -1.78. The monoisotopic (exact) mass is 97.1 g/mol. The lowest BCUT2D eigenvalue weighted by molar-refractivity contribution is -0.110. The molecule has 1 heteroatoms. The summed E-state index contributed by atoms with van der Waals surface area (Å²) in [5, 5.41) is 0. The summed E-state index contributed by atoms with van der Waals surface area (Å²) in [5.41, 5.74) is 0. The van der Waals surface area contributed by atoms with Gasteiger partial charge in [-0.2, -0.15) is 0 Å². The summed E-state index contributed by atoms with van der Waals surface area (Å²) >= 11 is 0. The zero-order valence-electron chi connectivity index (χ0n) is 4.48. The molecule has 0 fully saturated rings. The van der Waals surface area contributed by atoms with Crippen molar-refractivity contribution in [1.82, 2.24) is 0 Å². The van der Waals surface area contributed by atoms with Gasteiger partial charge in [0.05, 0.1) is 0 Å². The maximum absolute atomic E-state index is 10.0. The van der Waals surface area contributed by atoms with Crippen LogP contribution in [0.1, 0.15) is 13.3 Å². The number of allylic oxidation sites excluding steroid dienone is 2. The Morgan fingerprint density at radius 1 is 1.86 bits per heavy atom. The molecule has 1 nitrogen and oxygen atoms in total. The van der Waals surface area contributed by atoms with E-state index >= 15 is 0 Å². The van der Waals surface area contributed by atoms with Crippen molar-refractivity contribution in [2.75, 3.05) is 0 Å². The first-order valence-corrected chi connectivity index (χ1v) is 2.30. The molecule has 0 aliphatic heterocycles. The van der Waals surface area contributed by atoms with Crippen LogP contribution in [0.15, 0.2) is 12.2 Å². The van der Waals surface area contributed by atoms with Gasteiger partial charge in [-0.1, -0.05) is 13.0 Å². The molecule has 0 saturated carbocycles. The minimum atomic E-state index is -0.123. The standard InChI is InChI=1S/C6H9O/c1-3-4-5-6(2)7/h4-5H,2-3H2,1H3/b5-4+. The van der Waals surface area contributed by atoms with Crippen LogP contribution in [-0.4, -0.2) is 5.78 Å². The van der Waals surface area contributed by atoms with Crippen molar-refractivity contribution in [3.8, 4) is 0 Å². The molecule has 0 aromatic rings. The van der Waals surface area contributed by atoms with Crippen LogP contribution in [0.2, 0.25) is 0 Å². The fraction of sp³-hybridized carbons (Fsp3) is 0.333. The molecule has 0 N–H and O–H groups in total. The zero-order chi connectivity index (χ0) is 5.70. The van der Waals surface area contributed by atoms with E-state index in [1.54, 1.807) is 6.08 Å². The van der Waals surface area contributed by atoms with Crippen molar-refractivity contribution in [1.29, 1.82) is 0 Å². The zero-order valence-corrected chi connectivity index (χ0v) is 4.48. The van der Waals surface area contributed by atoms with Crippen LogP contribution in [0.4, 0.5) is 0 Å². The van der Waals surface area contributed by atoms with Crippen LogP contribution in [0.25, 0.3) is 0 Å². The molecule has 0 aliphatic carbocycles. The number of rotatable bonds is 2. The average Bonchev–Trinajstić information content (AvgIpc) is 1.61. The Kier molecular flexibility index (Phi) is 3.29. The van der Waals surface area contributed by atoms with Gasteiger partial charge >= 0.3 is 0 Å². The van der Waals surface area contributed by atoms with E-state index < -0.39 is 0 Å². The third-order valence-electron chi connectivity index (χ3n) is 0.539. The van der Waals surface area contributed by atoms with Crippen molar-refractivity contribution >= 4 is 5.78 Å². The Bertz CT molecular complexity index is 82.2.